The molecule has 0 aliphatic rings. The lowest BCUT2D eigenvalue weighted by Crippen LogP contribution is -2.08. The van der Waals surface area contributed by atoms with Crippen LogP contribution in [0.2, 0.25) is 0 Å². The molecular formula is C29H33F2NO2. The minimum atomic E-state index is -0.879. The van der Waals surface area contributed by atoms with Crippen LogP contribution in [0, 0.1) is 11.6 Å². The first-order valence-corrected chi connectivity index (χ1v) is 12.0. The lowest BCUT2D eigenvalue weighted by Gasteiger charge is -2.12. The van der Waals surface area contributed by atoms with E-state index in [4.69, 9.17) is 4.74 Å². The predicted octanol–water partition coefficient (Wildman–Crippen LogP) is 8.18. The van der Waals surface area contributed by atoms with Crippen molar-refractivity contribution in [2.45, 2.75) is 58.5 Å². The zero-order valence-electron chi connectivity index (χ0n) is 19.9. The number of allylic oxidation sites excluding steroid dienone is 1. The number of ether oxygens (including phenoxy) is 1. The highest BCUT2D eigenvalue weighted by Crippen LogP contribution is 2.28. The predicted molar refractivity (Wildman–Crippen MR) is 135 cm³/mol. The summed E-state index contributed by atoms with van der Waals surface area (Å²) in [5.74, 6) is -1.56. The first kappa shape index (κ1) is 25.6. The van der Waals surface area contributed by atoms with Crippen LogP contribution in [-0.4, -0.2) is 22.8 Å². The van der Waals surface area contributed by atoms with Crippen molar-refractivity contribution in [3.8, 4) is 28.1 Å². The molecule has 0 bridgehead atoms. The van der Waals surface area contributed by atoms with E-state index in [1.165, 1.54) is 19.0 Å². The lowest BCUT2D eigenvalue weighted by molar-refractivity contribution is 0.0566. The summed E-state index contributed by atoms with van der Waals surface area (Å²) in [4.78, 5) is 4.37. The van der Waals surface area contributed by atoms with Crippen LogP contribution in [0.25, 0.3) is 28.5 Å². The number of aromatic hydroxyl groups is 1. The highest BCUT2D eigenvalue weighted by molar-refractivity contribution is 5.69. The van der Waals surface area contributed by atoms with Gasteiger partial charge in [-0.15, -0.1) is 0 Å². The minimum Gasteiger partial charge on any atom is -0.508 e. The Labute approximate surface area is 201 Å². The van der Waals surface area contributed by atoms with Gasteiger partial charge in [-0.05, 0) is 62.9 Å². The summed E-state index contributed by atoms with van der Waals surface area (Å²) in [6.07, 6.45) is 11.4. The van der Waals surface area contributed by atoms with Crippen LogP contribution in [0.3, 0.4) is 0 Å². The average Bonchev–Trinajstić information content (AvgIpc) is 2.85. The van der Waals surface area contributed by atoms with Crippen molar-refractivity contribution in [1.82, 2.24) is 4.98 Å². The summed E-state index contributed by atoms with van der Waals surface area (Å²) in [6, 6.07) is 13.3. The van der Waals surface area contributed by atoms with E-state index < -0.39 is 11.6 Å². The minimum absolute atomic E-state index is 0.174. The summed E-state index contributed by atoms with van der Waals surface area (Å²) < 4.78 is 35.3. The summed E-state index contributed by atoms with van der Waals surface area (Å²) >= 11 is 0. The summed E-state index contributed by atoms with van der Waals surface area (Å²) in [5.41, 5.74) is 2.42. The molecule has 0 saturated carbocycles. The van der Waals surface area contributed by atoms with E-state index in [1.807, 2.05) is 6.08 Å². The number of phenols is 1. The quantitative estimate of drug-likeness (QED) is 0.274. The monoisotopic (exact) mass is 465 g/mol. The van der Waals surface area contributed by atoms with Crippen molar-refractivity contribution in [3.63, 3.8) is 0 Å². The Balaban J connectivity index is 1.56. The number of rotatable bonds is 12. The molecule has 3 aromatic rings. The standard InChI is InChI=1S/C29H33F2NO2/c1-3-4-8-19-34-21(2)9-6-5-7-10-23-13-17-26(29(31)28(23)30)24-14-18-27(32-20-24)22-11-15-25(33)16-12-22/h7,10-18,20-21,33H,3-6,8-9,19H2,1-2H3/b10-7+. The number of halogens is 2. The number of phenolic OH excluding ortho intramolecular Hbond substituents is 1. The van der Waals surface area contributed by atoms with Gasteiger partial charge in [0.2, 0.25) is 0 Å². The number of unbranched alkanes of at least 4 members (excludes halogenated alkanes) is 3. The molecule has 5 heteroatoms. The van der Waals surface area contributed by atoms with Crippen LogP contribution in [0.5, 0.6) is 5.75 Å². The van der Waals surface area contributed by atoms with Gasteiger partial charge in [0.05, 0.1) is 11.8 Å². The van der Waals surface area contributed by atoms with Crippen molar-refractivity contribution in [2.75, 3.05) is 6.61 Å². The molecule has 1 aromatic heterocycles. The second-order valence-electron chi connectivity index (χ2n) is 8.53. The largest absolute Gasteiger partial charge is 0.508 e. The van der Waals surface area contributed by atoms with Gasteiger partial charge in [-0.3, -0.25) is 4.98 Å². The molecule has 0 saturated heterocycles. The number of pyridine rings is 1. The Morgan fingerprint density at radius 3 is 2.41 bits per heavy atom. The average molecular weight is 466 g/mol. The van der Waals surface area contributed by atoms with Gasteiger partial charge in [0, 0.05) is 35.1 Å². The van der Waals surface area contributed by atoms with Crippen LogP contribution < -0.4 is 0 Å². The number of aromatic nitrogens is 1. The van der Waals surface area contributed by atoms with Crippen LogP contribution in [0.15, 0.2) is 60.8 Å². The van der Waals surface area contributed by atoms with Crippen LogP contribution in [0.4, 0.5) is 8.78 Å². The number of nitrogens with zero attached hydrogens (tertiary/aromatic N) is 1. The molecule has 1 N–H and O–H groups in total. The molecule has 180 valence electrons. The molecule has 1 unspecified atom stereocenters. The molecule has 34 heavy (non-hydrogen) atoms. The third-order valence-electron chi connectivity index (χ3n) is 5.78. The molecule has 0 fully saturated rings. The Hall–Kier alpha value is -3.05. The van der Waals surface area contributed by atoms with Gasteiger partial charge in [0.1, 0.15) is 5.75 Å². The van der Waals surface area contributed by atoms with Gasteiger partial charge < -0.3 is 9.84 Å². The normalized spacial score (nSPS) is 12.4. The van der Waals surface area contributed by atoms with Crippen molar-refractivity contribution in [1.29, 1.82) is 0 Å². The molecule has 3 nitrogen and oxygen atoms in total. The maximum atomic E-state index is 14.8. The van der Waals surface area contributed by atoms with Gasteiger partial charge in [0.25, 0.3) is 0 Å². The van der Waals surface area contributed by atoms with Gasteiger partial charge in [-0.1, -0.05) is 50.1 Å². The van der Waals surface area contributed by atoms with Crippen LogP contribution in [0.1, 0.15) is 57.9 Å². The third-order valence-corrected chi connectivity index (χ3v) is 5.78. The highest BCUT2D eigenvalue weighted by atomic mass is 19.2. The Kier molecular flexibility index (Phi) is 9.77. The Morgan fingerprint density at radius 1 is 0.941 bits per heavy atom. The topological polar surface area (TPSA) is 42.4 Å². The molecule has 2 aromatic carbocycles. The maximum Gasteiger partial charge on any atom is 0.167 e. The molecular weight excluding hydrogens is 432 g/mol. The fourth-order valence-corrected chi connectivity index (χ4v) is 3.73. The van der Waals surface area contributed by atoms with E-state index in [1.54, 1.807) is 54.6 Å². The molecule has 0 spiro atoms. The van der Waals surface area contributed by atoms with Crippen molar-refractivity contribution >= 4 is 6.08 Å². The van der Waals surface area contributed by atoms with E-state index in [2.05, 4.69) is 18.8 Å². The van der Waals surface area contributed by atoms with Gasteiger partial charge in [-0.2, -0.15) is 0 Å². The first-order valence-electron chi connectivity index (χ1n) is 12.0. The maximum absolute atomic E-state index is 14.8. The Morgan fingerprint density at radius 2 is 1.71 bits per heavy atom. The third kappa shape index (κ3) is 7.22. The fourth-order valence-electron chi connectivity index (χ4n) is 3.73. The van der Waals surface area contributed by atoms with E-state index in [9.17, 15) is 13.9 Å². The van der Waals surface area contributed by atoms with E-state index >= 15 is 0 Å². The molecule has 0 aliphatic heterocycles. The SMILES string of the molecule is CCCCCOC(C)CCC/C=C/c1ccc(-c2ccc(-c3ccc(O)cc3)nc2)c(F)c1F. The van der Waals surface area contributed by atoms with Crippen LogP contribution >= 0.6 is 0 Å². The van der Waals surface area contributed by atoms with E-state index in [0.717, 1.165) is 37.9 Å². The van der Waals surface area contributed by atoms with Crippen molar-refractivity contribution < 1.29 is 18.6 Å². The zero-order valence-corrected chi connectivity index (χ0v) is 19.9. The molecule has 0 amide bonds. The molecule has 0 aliphatic carbocycles. The summed E-state index contributed by atoms with van der Waals surface area (Å²) in [7, 11) is 0. The number of hydrogen-bond acceptors (Lipinski definition) is 3. The lowest BCUT2D eigenvalue weighted by atomic mass is 10.0. The fraction of sp³-hybridized carbons (Fsp3) is 0.345. The summed E-state index contributed by atoms with van der Waals surface area (Å²) in [5, 5.41) is 9.41. The number of benzene rings is 2. The summed E-state index contributed by atoms with van der Waals surface area (Å²) in [6.45, 7) is 5.05. The molecule has 1 atom stereocenters. The first-order chi connectivity index (χ1) is 16.5. The smallest absolute Gasteiger partial charge is 0.167 e. The molecule has 1 heterocycles. The van der Waals surface area contributed by atoms with Crippen molar-refractivity contribution in [2.24, 2.45) is 0 Å². The number of hydrogen-bond donors (Lipinski definition) is 1. The zero-order chi connectivity index (χ0) is 24.3. The Bertz CT molecular complexity index is 1060. The highest BCUT2D eigenvalue weighted by Gasteiger charge is 2.14. The van der Waals surface area contributed by atoms with Crippen molar-refractivity contribution in [3.05, 3.63) is 78.0 Å². The van der Waals surface area contributed by atoms with E-state index in [0.29, 0.717) is 11.3 Å². The molecule has 0 radical (unpaired) electrons. The second kappa shape index (κ2) is 13.0. The van der Waals surface area contributed by atoms with E-state index in [-0.39, 0.29) is 23.0 Å². The van der Waals surface area contributed by atoms with Gasteiger partial charge in [0.15, 0.2) is 11.6 Å². The second-order valence-corrected chi connectivity index (χ2v) is 8.53. The van der Waals surface area contributed by atoms with Gasteiger partial charge >= 0.3 is 0 Å². The van der Waals surface area contributed by atoms with Crippen LogP contribution in [-0.2, 0) is 4.74 Å². The van der Waals surface area contributed by atoms with Gasteiger partial charge in [-0.25, -0.2) is 8.78 Å². The molecule has 3 rings (SSSR count).